The number of alkyl halides is 2. The minimum absolute atomic E-state index is 0.0191. The van der Waals surface area contributed by atoms with Crippen molar-refractivity contribution in [3.63, 3.8) is 0 Å². The van der Waals surface area contributed by atoms with Crippen LogP contribution >= 0.6 is 0 Å². The van der Waals surface area contributed by atoms with E-state index in [-0.39, 0.29) is 11.1 Å². The third-order valence-electron chi connectivity index (χ3n) is 5.17. The first-order valence-electron chi connectivity index (χ1n) is 10.7. The van der Waals surface area contributed by atoms with E-state index in [0.29, 0.717) is 5.56 Å². The van der Waals surface area contributed by atoms with E-state index in [1.165, 1.54) is 24.6 Å². The summed E-state index contributed by atoms with van der Waals surface area (Å²) in [5.41, 5.74) is 4.92. The summed E-state index contributed by atoms with van der Waals surface area (Å²) in [6.07, 6.45) is 2.62. The van der Waals surface area contributed by atoms with Gasteiger partial charge in [-0.25, -0.2) is 17.6 Å². The highest BCUT2D eigenvalue weighted by Gasteiger charge is 2.11. The molecule has 0 saturated carbocycles. The molecule has 0 saturated heterocycles. The van der Waals surface area contributed by atoms with Crippen LogP contribution in [-0.2, 0) is 6.42 Å². The van der Waals surface area contributed by atoms with E-state index in [1.54, 1.807) is 6.07 Å². The Morgan fingerprint density at radius 3 is 1.91 bits per heavy atom. The minimum atomic E-state index is -1.43. The van der Waals surface area contributed by atoms with Crippen LogP contribution in [0.2, 0.25) is 0 Å². The second kappa shape index (κ2) is 10.9. The molecule has 0 amide bonds. The topological polar surface area (TPSA) is 0 Å². The highest BCUT2D eigenvalue weighted by atomic mass is 19.2. The SMILES string of the molecule is CCCc1ccc(-c2ccc(-c3ccc(C(/C=C(/F)CF)=C/C(C)F)c(F)c3)cc2)cc1. The van der Waals surface area contributed by atoms with Gasteiger partial charge >= 0.3 is 0 Å². The number of hydrogen-bond donors (Lipinski definition) is 0. The number of halogens is 4. The Labute approximate surface area is 186 Å². The van der Waals surface area contributed by atoms with Crippen LogP contribution in [-0.4, -0.2) is 12.8 Å². The second-order valence-corrected chi connectivity index (χ2v) is 7.74. The summed E-state index contributed by atoms with van der Waals surface area (Å²) < 4.78 is 54.3. The smallest absolute Gasteiger partial charge is 0.141 e. The van der Waals surface area contributed by atoms with Crippen molar-refractivity contribution >= 4 is 5.57 Å². The van der Waals surface area contributed by atoms with Crippen molar-refractivity contribution in [1.29, 1.82) is 0 Å². The van der Waals surface area contributed by atoms with Crippen LogP contribution in [0.25, 0.3) is 27.8 Å². The second-order valence-electron chi connectivity index (χ2n) is 7.74. The van der Waals surface area contributed by atoms with Crippen LogP contribution in [0.5, 0.6) is 0 Å². The van der Waals surface area contributed by atoms with Crippen molar-refractivity contribution in [2.45, 2.75) is 32.9 Å². The van der Waals surface area contributed by atoms with Gasteiger partial charge < -0.3 is 0 Å². The van der Waals surface area contributed by atoms with Gasteiger partial charge in [-0.2, -0.15) is 0 Å². The molecule has 0 aliphatic heterocycles. The molecule has 1 unspecified atom stereocenters. The van der Waals surface area contributed by atoms with Crippen LogP contribution in [0.15, 0.2) is 84.7 Å². The van der Waals surface area contributed by atoms with Crippen molar-refractivity contribution in [3.8, 4) is 22.3 Å². The lowest BCUT2D eigenvalue weighted by Crippen LogP contribution is -1.95. The first-order chi connectivity index (χ1) is 15.4. The molecule has 0 spiro atoms. The number of benzene rings is 3. The van der Waals surface area contributed by atoms with Crippen molar-refractivity contribution < 1.29 is 17.6 Å². The maximum Gasteiger partial charge on any atom is 0.141 e. The van der Waals surface area contributed by atoms with E-state index in [2.05, 4.69) is 31.2 Å². The minimum Gasteiger partial charge on any atom is -0.243 e. The molecule has 0 aromatic heterocycles. The zero-order valence-corrected chi connectivity index (χ0v) is 18.2. The van der Waals surface area contributed by atoms with Gasteiger partial charge in [0.1, 0.15) is 24.5 Å². The molecule has 3 aromatic carbocycles. The Morgan fingerprint density at radius 2 is 1.41 bits per heavy atom. The first-order valence-corrected chi connectivity index (χ1v) is 10.7. The Morgan fingerprint density at radius 1 is 0.875 bits per heavy atom. The molecule has 3 rings (SSSR count). The molecule has 4 heteroatoms. The molecular weight excluding hydrogens is 412 g/mol. The van der Waals surface area contributed by atoms with Gasteiger partial charge in [0.15, 0.2) is 0 Å². The van der Waals surface area contributed by atoms with Crippen LogP contribution in [0.1, 0.15) is 31.4 Å². The maximum atomic E-state index is 14.8. The fraction of sp³-hybridized carbons (Fsp3) is 0.214. The van der Waals surface area contributed by atoms with E-state index in [9.17, 15) is 17.6 Å². The Hall–Kier alpha value is -3.14. The molecule has 32 heavy (non-hydrogen) atoms. The largest absolute Gasteiger partial charge is 0.243 e. The summed E-state index contributed by atoms with van der Waals surface area (Å²) in [7, 11) is 0. The third kappa shape index (κ3) is 5.97. The summed E-state index contributed by atoms with van der Waals surface area (Å²) in [6.45, 7) is 2.07. The zero-order valence-electron chi connectivity index (χ0n) is 18.2. The highest BCUT2D eigenvalue weighted by molar-refractivity contribution is 5.78. The normalized spacial score (nSPS) is 13.3. The maximum absolute atomic E-state index is 14.8. The van der Waals surface area contributed by atoms with Crippen LogP contribution < -0.4 is 0 Å². The highest BCUT2D eigenvalue weighted by Crippen LogP contribution is 2.29. The first kappa shape index (κ1) is 23.5. The molecule has 3 aromatic rings. The molecule has 0 nitrogen and oxygen atoms in total. The number of hydrogen-bond acceptors (Lipinski definition) is 0. The molecule has 0 N–H and O–H groups in total. The van der Waals surface area contributed by atoms with Gasteiger partial charge in [0.25, 0.3) is 0 Å². The number of aryl methyl sites for hydroxylation is 1. The summed E-state index contributed by atoms with van der Waals surface area (Å²) in [6, 6.07) is 20.7. The Balaban J connectivity index is 1.87. The Bertz CT molecular complexity index is 1090. The predicted molar refractivity (Wildman–Crippen MR) is 125 cm³/mol. The van der Waals surface area contributed by atoms with E-state index >= 15 is 0 Å². The Kier molecular flexibility index (Phi) is 8.04. The van der Waals surface area contributed by atoms with Crippen molar-refractivity contribution in [1.82, 2.24) is 0 Å². The summed E-state index contributed by atoms with van der Waals surface area (Å²) in [5, 5.41) is 0. The molecule has 0 aliphatic rings. The molecule has 0 aliphatic carbocycles. The van der Waals surface area contributed by atoms with Gasteiger partial charge in [0.2, 0.25) is 0 Å². The van der Waals surface area contributed by atoms with Crippen molar-refractivity contribution in [3.05, 3.63) is 102 Å². The molecule has 0 fully saturated rings. The van der Waals surface area contributed by atoms with E-state index in [1.807, 2.05) is 24.3 Å². The summed E-state index contributed by atoms with van der Waals surface area (Å²) in [5.74, 6) is -1.72. The lowest BCUT2D eigenvalue weighted by atomic mass is 9.96. The lowest BCUT2D eigenvalue weighted by molar-refractivity contribution is 0.431. The van der Waals surface area contributed by atoms with Crippen LogP contribution in [0.4, 0.5) is 17.6 Å². The van der Waals surface area contributed by atoms with Gasteiger partial charge in [0.05, 0.1) is 0 Å². The molecule has 166 valence electrons. The third-order valence-corrected chi connectivity index (χ3v) is 5.17. The molecule has 1 atom stereocenters. The predicted octanol–water partition coefficient (Wildman–Crippen LogP) is 8.68. The number of rotatable bonds is 8. The number of allylic oxidation sites excluding steroid dienone is 4. The molecule has 0 heterocycles. The molecule has 0 bridgehead atoms. The van der Waals surface area contributed by atoms with Gasteiger partial charge in [-0.05, 0) is 65.0 Å². The molecular formula is C28H26F4. The van der Waals surface area contributed by atoms with Gasteiger partial charge in [-0.15, -0.1) is 0 Å². The lowest BCUT2D eigenvalue weighted by Gasteiger charge is -2.10. The zero-order chi connectivity index (χ0) is 23.1. The van der Waals surface area contributed by atoms with Gasteiger partial charge in [0, 0.05) is 5.56 Å². The van der Waals surface area contributed by atoms with Crippen LogP contribution in [0.3, 0.4) is 0 Å². The van der Waals surface area contributed by atoms with E-state index in [0.717, 1.165) is 41.7 Å². The standard InChI is InChI=1S/C28H26F4/c1-3-4-20-5-7-21(8-6-20)22-9-11-23(12-10-22)24-13-14-27(28(32)17-24)25(15-19(2)30)16-26(31)18-29/h5-17,19H,3-4,18H2,1-2H3/b25-15+,26-16+. The van der Waals surface area contributed by atoms with E-state index in [4.69, 9.17) is 0 Å². The quantitative estimate of drug-likeness (QED) is 0.244. The monoisotopic (exact) mass is 438 g/mol. The summed E-state index contributed by atoms with van der Waals surface area (Å²) in [4.78, 5) is 0. The fourth-order valence-corrected chi connectivity index (χ4v) is 3.61. The van der Waals surface area contributed by atoms with Crippen molar-refractivity contribution in [2.75, 3.05) is 6.67 Å². The average Bonchev–Trinajstić information content (AvgIpc) is 2.79. The molecule has 0 radical (unpaired) electrons. The van der Waals surface area contributed by atoms with Gasteiger partial charge in [-0.3, -0.25) is 0 Å². The van der Waals surface area contributed by atoms with Crippen molar-refractivity contribution in [2.24, 2.45) is 0 Å². The summed E-state index contributed by atoms with van der Waals surface area (Å²) >= 11 is 0. The van der Waals surface area contributed by atoms with Gasteiger partial charge in [-0.1, -0.05) is 74.0 Å². The van der Waals surface area contributed by atoms with E-state index < -0.39 is 24.5 Å². The fourth-order valence-electron chi connectivity index (χ4n) is 3.61. The van der Waals surface area contributed by atoms with Crippen LogP contribution in [0, 0.1) is 5.82 Å². The average molecular weight is 439 g/mol.